The van der Waals surface area contributed by atoms with Gasteiger partial charge in [-0.1, -0.05) is 25.2 Å². The maximum Gasteiger partial charge on any atom is 0.342 e. The minimum absolute atomic E-state index is 0.0223. The van der Waals surface area contributed by atoms with Gasteiger partial charge in [-0.25, -0.2) is 4.79 Å². The molecule has 7 nitrogen and oxygen atoms in total. The second kappa shape index (κ2) is 9.52. The molecule has 0 saturated heterocycles. The van der Waals surface area contributed by atoms with Crippen LogP contribution in [0.5, 0.6) is 11.5 Å². The molecule has 0 aromatic heterocycles. The van der Waals surface area contributed by atoms with Crippen molar-refractivity contribution in [3.63, 3.8) is 0 Å². The minimum atomic E-state index is -1.56. The molecule has 28 heavy (non-hydrogen) atoms. The van der Waals surface area contributed by atoms with Gasteiger partial charge >= 0.3 is 5.97 Å². The molecule has 0 saturated carbocycles. The van der Waals surface area contributed by atoms with Crippen molar-refractivity contribution in [1.29, 1.82) is 0 Å². The van der Waals surface area contributed by atoms with E-state index < -0.39 is 30.1 Å². The fraction of sp³-hybridized carbons (Fsp3) is 0.429. The molecule has 4 atom stereocenters. The number of benzene rings is 1. The molecule has 1 aromatic rings. The molecule has 0 radical (unpaired) electrons. The van der Waals surface area contributed by atoms with E-state index in [1.807, 2.05) is 0 Å². The first-order valence-corrected chi connectivity index (χ1v) is 9.20. The van der Waals surface area contributed by atoms with Crippen molar-refractivity contribution in [2.45, 2.75) is 45.5 Å². The van der Waals surface area contributed by atoms with Gasteiger partial charge in [0, 0.05) is 12.0 Å². The SMILES string of the molecule is CCOc1cc(O)c2c(c1)/C=C/C[C@H](O)C(O)C(=O)/C=C\[C@@H](C)[C@H](C)OC2=O. The topological polar surface area (TPSA) is 113 Å². The van der Waals surface area contributed by atoms with Crippen LogP contribution in [-0.4, -0.2) is 52.0 Å². The lowest BCUT2D eigenvalue weighted by atomic mass is 9.99. The van der Waals surface area contributed by atoms with Crippen LogP contribution >= 0.6 is 0 Å². The van der Waals surface area contributed by atoms with E-state index in [2.05, 4.69) is 0 Å². The van der Waals surface area contributed by atoms with Crippen molar-refractivity contribution in [3.05, 3.63) is 41.5 Å². The van der Waals surface area contributed by atoms with Gasteiger partial charge in [-0.05, 0) is 38.0 Å². The van der Waals surface area contributed by atoms with Crippen LogP contribution in [0.1, 0.15) is 43.1 Å². The Bertz CT molecular complexity index is 781. The van der Waals surface area contributed by atoms with Gasteiger partial charge in [-0.2, -0.15) is 0 Å². The average molecular weight is 390 g/mol. The van der Waals surface area contributed by atoms with Crippen LogP contribution in [0.25, 0.3) is 6.08 Å². The molecule has 1 aliphatic rings. The second-order valence-electron chi connectivity index (χ2n) is 6.72. The van der Waals surface area contributed by atoms with Gasteiger partial charge < -0.3 is 24.8 Å². The van der Waals surface area contributed by atoms with Crippen LogP contribution in [0, 0.1) is 5.92 Å². The maximum absolute atomic E-state index is 12.7. The molecule has 1 heterocycles. The number of phenolic OH excluding ortho intramolecular Hbond substituents is 1. The van der Waals surface area contributed by atoms with E-state index in [4.69, 9.17) is 9.47 Å². The third-order valence-corrected chi connectivity index (χ3v) is 4.57. The number of aliphatic hydroxyl groups excluding tert-OH is 2. The first-order chi connectivity index (χ1) is 13.2. The number of rotatable bonds is 2. The number of cyclic esters (lactones) is 1. The largest absolute Gasteiger partial charge is 0.507 e. The number of carbonyl (C=O) groups excluding carboxylic acids is 2. The molecule has 0 bridgehead atoms. The van der Waals surface area contributed by atoms with Gasteiger partial charge in [0.1, 0.15) is 29.3 Å². The van der Waals surface area contributed by atoms with Gasteiger partial charge in [0.2, 0.25) is 0 Å². The van der Waals surface area contributed by atoms with Crippen LogP contribution in [0.3, 0.4) is 0 Å². The number of carbonyl (C=O) groups is 2. The number of hydrogen-bond acceptors (Lipinski definition) is 7. The Morgan fingerprint density at radius 3 is 2.57 bits per heavy atom. The van der Waals surface area contributed by atoms with E-state index in [0.717, 1.165) is 0 Å². The Kier molecular flexibility index (Phi) is 7.37. The Hall–Kier alpha value is -2.64. The molecule has 0 spiro atoms. The highest BCUT2D eigenvalue weighted by atomic mass is 16.5. The number of esters is 1. The summed E-state index contributed by atoms with van der Waals surface area (Å²) in [5.41, 5.74) is 0.319. The standard InChI is InChI=1S/C21H26O7/c1-4-27-15-10-14-6-5-7-16(22)20(25)17(23)9-8-12(2)13(3)28-21(26)19(14)18(24)11-15/h5-6,8-13,16,20,22,24-25H,4,7H2,1-3H3/b6-5+,9-8-/t12-,13+,16+,20?/m1/s1. The number of fused-ring (bicyclic) bond motifs is 1. The maximum atomic E-state index is 12.7. The van der Waals surface area contributed by atoms with Crippen molar-refractivity contribution in [1.82, 2.24) is 0 Å². The van der Waals surface area contributed by atoms with E-state index in [0.29, 0.717) is 17.9 Å². The smallest absolute Gasteiger partial charge is 0.342 e. The van der Waals surface area contributed by atoms with Gasteiger partial charge in [-0.15, -0.1) is 0 Å². The lowest BCUT2D eigenvalue weighted by Crippen LogP contribution is -2.32. The van der Waals surface area contributed by atoms with Crippen molar-refractivity contribution < 1.29 is 34.4 Å². The van der Waals surface area contributed by atoms with Crippen molar-refractivity contribution >= 4 is 17.8 Å². The number of aliphatic hydroxyl groups is 2. The van der Waals surface area contributed by atoms with Gasteiger partial charge in [0.25, 0.3) is 0 Å². The number of aromatic hydroxyl groups is 1. The fourth-order valence-corrected chi connectivity index (χ4v) is 2.72. The minimum Gasteiger partial charge on any atom is -0.507 e. The number of hydrogen-bond donors (Lipinski definition) is 3. The summed E-state index contributed by atoms with van der Waals surface area (Å²) in [7, 11) is 0. The molecular formula is C21H26O7. The Labute approximate surface area is 163 Å². The molecule has 7 heteroatoms. The molecule has 1 aromatic carbocycles. The second-order valence-corrected chi connectivity index (χ2v) is 6.72. The van der Waals surface area contributed by atoms with Gasteiger partial charge in [0.05, 0.1) is 12.7 Å². The monoisotopic (exact) mass is 390 g/mol. The third kappa shape index (κ3) is 5.21. The number of ether oxygens (including phenoxy) is 2. The molecule has 0 fully saturated rings. The summed E-state index contributed by atoms with van der Waals surface area (Å²) in [5.74, 6) is -1.58. The predicted molar refractivity (Wildman–Crippen MR) is 103 cm³/mol. The normalized spacial score (nSPS) is 28.6. The third-order valence-electron chi connectivity index (χ3n) is 4.57. The summed E-state index contributed by atoms with van der Waals surface area (Å²) < 4.78 is 10.8. The first kappa shape index (κ1) is 21.7. The predicted octanol–water partition coefficient (Wildman–Crippen LogP) is 2.24. The zero-order valence-corrected chi connectivity index (χ0v) is 16.2. The molecule has 0 amide bonds. The summed E-state index contributed by atoms with van der Waals surface area (Å²) in [4.78, 5) is 24.7. The van der Waals surface area contributed by atoms with Crippen molar-refractivity contribution in [2.75, 3.05) is 6.61 Å². The van der Waals surface area contributed by atoms with Crippen LogP contribution in [0.2, 0.25) is 0 Å². The van der Waals surface area contributed by atoms with E-state index in [-0.39, 0.29) is 23.7 Å². The van der Waals surface area contributed by atoms with Crippen LogP contribution in [0.4, 0.5) is 0 Å². The van der Waals surface area contributed by atoms with Gasteiger partial charge in [-0.3, -0.25) is 4.79 Å². The van der Waals surface area contributed by atoms with E-state index >= 15 is 0 Å². The van der Waals surface area contributed by atoms with E-state index in [1.165, 1.54) is 30.4 Å². The molecule has 3 N–H and O–H groups in total. The van der Waals surface area contributed by atoms with Crippen LogP contribution in [0.15, 0.2) is 30.4 Å². The summed E-state index contributed by atoms with van der Waals surface area (Å²) in [6, 6.07) is 2.91. The molecule has 1 unspecified atom stereocenters. The molecule has 2 rings (SSSR count). The number of ketones is 1. The zero-order chi connectivity index (χ0) is 20.8. The highest BCUT2D eigenvalue weighted by molar-refractivity contribution is 5.97. The highest BCUT2D eigenvalue weighted by Crippen LogP contribution is 2.31. The quantitative estimate of drug-likeness (QED) is 0.664. The summed E-state index contributed by atoms with van der Waals surface area (Å²) in [5, 5.41) is 30.4. The van der Waals surface area contributed by atoms with Gasteiger partial charge in [0.15, 0.2) is 5.78 Å². The Morgan fingerprint density at radius 1 is 1.18 bits per heavy atom. The molecular weight excluding hydrogens is 364 g/mol. The Balaban J connectivity index is 2.50. The van der Waals surface area contributed by atoms with E-state index in [9.17, 15) is 24.9 Å². The molecule has 1 aliphatic heterocycles. The number of phenols is 1. The van der Waals surface area contributed by atoms with Crippen molar-refractivity contribution in [3.8, 4) is 11.5 Å². The zero-order valence-electron chi connectivity index (χ0n) is 16.2. The summed E-state index contributed by atoms with van der Waals surface area (Å²) >= 11 is 0. The summed E-state index contributed by atoms with van der Waals surface area (Å²) in [6.07, 6.45) is 2.22. The van der Waals surface area contributed by atoms with Crippen molar-refractivity contribution in [2.24, 2.45) is 5.92 Å². The molecule has 0 aliphatic carbocycles. The van der Waals surface area contributed by atoms with Crippen LogP contribution < -0.4 is 4.74 Å². The average Bonchev–Trinajstić information content (AvgIpc) is 2.64. The lowest BCUT2D eigenvalue weighted by Gasteiger charge is -2.20. The van der Waals surface area contributed by atoms with E-state index in [1.54, 1.807) is 26.8 Å². The van der Waals surface area contributed by atoms with Crippen LogP contribution in [-0.2, 0) is 9.53 Å². The summed E-state index contributed by atoms with van der Waals surface area (Å²) in [6.45, 7) is 5.57. The Morgan fingerprint density at radius 2 is 1.89 bits per heavy atom. The first-order valence-electron chi connectivity index (χ1n) is 9.20. The molecule has 152 valence electrons. The lowest BCUT2D eigenvalue weighted by molar-refractivity contribution is -0.127. The highest BCUT2D eigenvalue weighted by Gasteiger charge is 2.25. The fourth-order valence-electron chi connectivity index (χ4n) is 2.72.